The van der Waals surface area contributed by atoms with Gasteiger partial charge in [-0.1, -0.05) is 121 Å². The van der Waals surface area contributed by atoms with E-state index in [9.17, 15) is 15.8 Å². The average Bonchev–Trinajstić information content (AvgIpc) is 3.73. The lowest BCUT2D eigenvalue weighted by Gasteiger charge is -2.13. The van der Waals surface area contributed by atoms with Gasteiger partial charge in [-0.05, 0) is 95.1 Å². The second kappa shape index (κ2) is 15.8. The summed E-state index contributed by atoms with van der Waals surface area (Å²) in [7, 11) is 0. The fraction of sp³-hybridized carbons (Fsp3) is 0. The predicted octanol–water partition coefficient (Wildman–Crippen LogP) is 13.7. The first-order chi connectivity index (χ1) is 33.0. The van der Waals surface area contributed by atoms with Crippen LogP contribution in [0.25, 0.3) is 117 Å². The lowest BCUT2D eigenvalue weighted by atomic mass is 9.96. The van der Waals surface area contributed by atoms with Crippen molar-refractivity contribution in [3.05, 3.63) is 211 Å². The molecule has 4 bridgehead atoms. The highest BCUT2D eigenvalue weighted by atomic mass is 14.9. The molecule has 4 aromatic heterocycles. The number of benzene rings is 8. The summed E-state index contributed by atoms with van der Waals surface area (Å²) in [6, 6.07) is 71.0. The molecule has 0 atom stereocenters. The van der Waals surface area contributed by atoms with Crippen molar-refractivity contribution in [2.45, 2.75) is 0 Å². The van der Waals surface area contributed by atoms with Gasteiger partial charge in [-0.3, -0.25) is 0 Å². The van der Waals surface area contributed by atoms with E-state index in [1.54, 1.807) is 6.07 Å². The lowest BCUT2D eigenvalue weighted by molar-refractivity contribution is 1.18. The summed E-state index contributed by atoms with van der Waals surface area (Å²) in [4.78, 5) is 21.2. The Labute approximate surface area is 384 Å². The molecule has 308 valence electrons. The number of aromatic nitrogens is 5. The molecule has 8 nitrogen and oxygen atoms in total. The molecule has 8 aromatic carbocycles. The highest BCUT2D eigenvalue weighted by Gasteiger charge is 2.22. The molecule has 67 heavy (non-hydrogen) atoms. The van der Waals surface area contributed by atoms with Crippen molar-refractivity contribution in [2.24, 2.45) is 0 Å². The van der Waals surface area contributed by atoms with Gasteiger partial charge in [-0.2, -0.15) is 15.8 Å². The summed E-state index contributed by atoms with van der Waals surface area (Å²) in [6.45, 7) is 0. The van der Waals surface area contributed by atoms with Gasteiger partial charge in [-0.25, -0.2) is 19.9 Å². The monoisotopic (exact) mass is 852 g/mol. The number of hydrogen-bond acceptors (Lipinski definition) is 7. The second-order valence-corrected chi connectivity index (χ2v) is 16.4. The van der Waals surface area contributed by atoms with E-state index in [0.29, 0.717) is 50.6 Å². The van der Waals surface area contributed by atoms with Crippen LogP contribution in [-0.2, 0) is 0 Å². The molecule has 8 heteroatoms. The van der Waals surface area contributed by atoms with Gasteiger partial charge < -0.3 is 4.40 Å². The molecule has 12 rings (SSSR count). The van der Waals surface area contributed by atoms with E-state index in [0.717, 1.165) is 82.7 Å². The highest BCUT2D eigenvalue weighted by molar-refractivity contribution is 6.18. The lowest BCUT2D eigenvalue weighted by Crippen LogP contribution is -1.98. The van der Waals surface area contributed by atoms with Gasteiger partial charge in [0.1, 0.15) is 0 Å². The Kier molecular flexibility index (Phi) is 9.14. The van der Waals surface area contributed by atoms with Crippen LogP contribution in [0.4, 0.5) is 0 Å². The molecule has 0 aliphatic carbocycles. The van der Waals surface area contributed by atoms with Crippen molar-refractivity contribution in [3.63, 3.8) is 0 Å². The zero-order chi connectivity index (χ0) is 45.0. The van der Waals surface area contributed by atoms with E-state index in [2.05, 4.69) is 52.9 Å². The highest BCUT2D eigenvalue weighted by Crippen LogP contribution is 2.43. The minimum absolute atomic E-state index is 0.434. The van der Waals surface area contributed by atoms with E-state index in [-0.39, 0.29) is 0 Å². The van der Waals surface area contributed by atoms with Crippen LogP contribution in [0.5, 0.6) is 0 Å². The van der Waals surface area contributed by atoms with E-state index in [1.165, 1.54) is 0 Å². The summed E-state index contributed by atoms with van der Waals surface area (Å²) in [6.07, 6.45) is 0. The molecule has 0 aliphatic rings. The topological polar surface area (TPSA) is 127 Å². The molecule has 0 saturated carbocycles. The molecule has 0 unspecified atom stereocenters. The van der Waals surface area contributed by atoms with Crippen molar-refractivity contribution in [1.29, 1.82) is 15.8 Å². The molecule has 0 aliphatic heterocycles. The van der Waals surface area contributed by atoms with Gasteiger partial charge >= 0.3 is 0 Å². The third-order valence-electron chi connectivity index (χ3n) is 12.4. The first-order valence-electron chi connectivity index (χ1n) is 21.7. The quantitative estimate of drug-likeness (QED) is 0.163. The molecular formula is C59H32N8. The number of rotatable bonds is 6. The maximum absolute atomic E-state index is 10.9. The zero-order valence-electron chi connectivity index (χ0n) is 35.6. The molecule has 0 amide bonds. The Morgan fingerprint density at radius 2 is 0.925 bits per heavy atom. The molecular weight excluding hydrogens is 821 g/mol. The van der Waals surface area contributed by atoms with E-state index in [4.69, 9.17) is 19.9 Å². The van der Waals surface area contributed by atoms with Gasteiger partial charge in [0.2, 0.25) is 0 Å². The number of hydrogen-bond donors (Lipinski definition) is 0. The number of fused-ring (bicyclic) bond motifs is 10. The summed E-state index contributed by atoms with van der Waals surface area (Å²) < 4.78 is 2.28. The molecule has 0 saturated heterocycles. The third kappa shape index (κ3) is 6.68. The standard InChI is InChI=1S/C59H32N8/c60-33-36-12-10-20-42(24-36)43-22-23-55-46(28-43)47-29-45(44-21-11-13-37(25-44)34-61)48-30-56(47)67(55)57-49(53-31-51(39-14-4-1-5-15-39)63-58(65-53)41-18-8-3-9-19-41)26-38(35-62)27-50(57)54-32-52(64-59(48)66-54)40-16-6-2-7-17-40/h1-32H. The fourth-order valence-electron chi connectivity index (χ4n) is 9.29. The van der Waals surface area contributed by atoms with Crippen LogP contribution in [0.1, 0.15) is 16.7 Å². The minimum Gasteiger partial charge on any atom is -0.308 e. The van der Waals surface area contributed by atoms with Gasteiger partial charge in [0.25, 0.3) is 0 Å². The van der Waals surface area contributed by atoms with Crippen molar-refractivity contribution in [2.75, 3.05) is 0 Å². The van der Waals surface area contributed by atoms with Crippen molar-refractivity contribution >= 4 is 49.3 Å². The minimum atomic E-state index is 0.434. The van der Waals surface area contributed by atoms with E-state index < -0.39 is 0 Å². The van der Waals surface area contributed by atoms with Crippen molar-refractivity contribution < 1.29 is 0 Å². The Bertz CT molecular complexity index is 4060. The maximum Gasteiger partial charge on any atom is 0.161 e. The summed E-state index contributed by atoms with van der Waals surface area (Å²) in [5.74, 6) is 0.546. The van der Waals surface area contributed by atoms with Gasteiger partial charge in [0.05, 0.1) is 74.0 Å². The molecule has 0 radical (unpaired) electrons. The van der Waals surface area contributed by atoms with Crippen LogP contribution in [-0.4, -0.2) is 24.3 Å². The third-order valence-corrected chi connectivity index (χ3v) is 12.4. The Morgan fingerprint density at radius 1 is 0.343 bits per heavy atom. The molecule has 12 aromatic rings. The van der Waals surface area contributed by atoms with Crippen LogP contribution in [0, 0.1) is 34.0 Å². The van der Waals surface area contributed by atoms with E-state index >= 15 is 0 Å². The van der Waals surface area contributed by atoms with Gasteiger partial charge in [0.15, 0.2) is 11.5 Å². The largest absolute Gasteiger partial charge is 0.308 e. The molecule has 0 N–H and O–H groups in total. The van der Waals surface area contributed by atoms with E-state index in [1.807, 2.05) is 158 Å². The summed E-state index contributed by atoms with van der Waals surface area (Å²) in [5, 5.41) is 34.2. The summed E-state index contributed by atoms with van der Waals surface area (Å²) >= 11 is 0. The van der Waals surface area contributed by atoms with Crippen LogP contribution in [0.3, 0.4) is 0 Å². The predicted molar refractivity (Wildman–Crippen MR) is 265 cm³/mol. The maximum atomic E-state index is 10.9. The normalized spacial score (nSPS) is 11.2. The summed E-state index contributed by atoms with van der Waals surface area (Å²) in [5.41, 5.74) is 14.3. The zero-order valence-corrected chi connectivity index (χ0v) is 35.6. The molecule has 0 spiro atoms. The number of nitriles is 3. The van der Waals surface area contributed by atoms with Crippen LogP contribution < -0.4 is 0 Å². The Balaban J connectivity index is 1.31. The first kappa shape index (κ1) is 38.8. The fourth-order valence-corrected chi connectivity index (χ4v) is 9.29. The SMILES string of the molecule is N#Cc1cccc(-c2ccc3c(c2)c2cc(-c4cccc(C#N)c4)c4cc2n3c2c(-c3cc(-c5ccccc5)nc(-c5ccccc5)n3)cc(C#N)cc2c2cc(-c3ccccc3)nc4n2)c1. The molecule has 4 heterocycles. The molecule has 0 fully saturated rings. The van der Waals surface area contributed by atoms with Gasteiger partial charge in [-0.15, -0.1) is 0 Å². The van der Waals surface area contributed by atoms with Gasteiger partial charge in [0, 0.05) is 43.8 Å². The van der Waals surface area contributed by atoms with Crippen molar-refractivity contribution in [1.82, 2.24) is 24.3 Å². The van der Waals surface area contributed by atoms with Crippen molar-refractivity contribution in [3.8, 4) is 85.6 Å². The first-order valence-corrected chi connectivity index (χ1v) is 21.7. The number of nitrogens with zero attached hydrogens (tertiary/aromatic N) is 8. The van der Waals surface area contributed by atoms with Crippen LogP contribution in [0.15, 0.2) is 194 Å². The Morgan fingerprint density at radius 3 is 1.61 bits per heavy atom. The smallest absolute Gasteiger partial charge is 0.161 e. The Hall–Kier alpha value is -9.81. The average molecular weight is 853 g/mol. The second-order valence-electron chi connectivity index (χ2n) is 16.4. The van der Waals surface area contributed by atoms with Crippen LogP contribution in [0.2, 0.25) is 0 Å². The van der Waals surface area contributed by atoms with Crippen LogP contribution >= 0.6 is 0 Å².